The predicted octanol–water partition coefficient (Wildman–Crippen LogP) is 2.83. The van der Waals surface area contributed by atoms with E-state index < -0.39 is 5.91 Å². The normalized spacial score (nSPS) is 10.7. The highest BCUT2D eigenvalue weighted by molar-refractivity contribution is 6.08. The second-order valence-corrected chi connectivity index (χ2v) is 5.32. The van der Waals surface area contributed by atoms with E-state index in [9.17, 15) is 4.79 Å². The summed E-state index contributed by atoms with van der Waals surface area (Å²) in [5, 5.41) is 13.6. The van der Waals surface area contributed by atoms with Crippen molar-refractivity contribution >= 4 is 22.6 Å². The Morgan fingerprint density at radius 1 is 1.24 bits per heavy atom. The fourth-order valence-electron chi connectivity index (χ4n) is 2.62. The maximum atomic E-state index is 13.0. The zero-order valence-electron chi connectivity index (χ0n) is 12.9. The number of pyridine rings is 1. The molecular weight excluding hydrogens is 318 g/mol. The first-order valence-corrected chi connectivity index (χ1v) is 7.41. The smallest absolute Gasteiger partial charge is 0.280 e. The van der Waals surface area contributed by atoms with Crippen LogP contribution in [0.25, 0.3) is 22.4 Å². The van der Waals surface area contributed by atoms with Crippen LogP contribution in [0.2, 0.25) is 0 Å². The number of furan rings is 1. The summed E-state index contributed by atoms with van der Waals surface area (Å²) in [5.74, 6) is 0.115. The van der Waals surface area contributed by atoms with Crippen LogP contribution in [0.1, 0.15) is 15.9 Å². The van der Waals surface area contributed by atoms with Crippen molar-refractivity contribution in [3.05, 3.63) is 66.1 Å². The van der Waals surface area contributed by atoms with Gasteiger partial charge in [0, 0.05) is 5.39 Å². The summed E-state index contributed by atoms with van der Waals surface area (Å²) in [6.07, 6.45) is 2.81. The van der Waals surface area contributed by atoms with Crippen molar-refractivity contribution in [1.82, 2.24) is 14.8 Å². The Morgan fingerprint density at radius 3 is 2.80 bits per heavy atom. The van der Waals surface area contributed by atoms with Crippen molar-refractivity contribution in [3.8, 4) is 17.5 Å². The fourth-order valence-corrected chi connectivity index (χ4v) is 2.62. The monoisotopic (exact) mass is 329 g/mol. The van der Waals surface area contributed by atoms with Crippen molar-refractivity contribution < 1.29 is 9.21 Å². The number of nitrogen functional groups attached to an aromatic ring is 1. The molecule has 0 spiro atoms. The molecule has 2 N–H and O–H groups in total. The van der Waals surface area contributed by atoms with Crippen LogP contribution >= 0.6 is 0 Å². The van der Waals surface area contributed by atoms with Gasteiger partial charge in [0.05, 0.1) is 23.5 Å². The second kappa shape index (κ2) is 5.62. The standard InChI is InChI=1S/C18H11N5O2/c19-9-11-10-21-23(17(11)20)18(24)13-8-15(16-6-3-7-25-16)22-14-5-2-1-4-12(13)14/h1-8,10H,20H2. The molecule has 0 aliphatic rings. The molecule has 0 fully saturated rings. The third-order valence-corrected chi connectivity index (χ3v) is 3.84. The van der Waals surface area contributed by atoms with Crippen LogP contribution in [0, 0.1) is 11.3 Å². The zero-order valence-corrected chi connectivity index (χ0v) is 12.9. The van der Waals surface area contributed by atoms with Gasteiger partial charge in [-0.15, -0.1) is 0 Å². The van der Waals surface area contributed by atoms with Crippen LogP contribution in [-0.2, 0) is 0 Å². The zero-order chi connectivity index (χ0) is 17.4. The second-order valence-electron chi connectivity index (χ2n) is 5.32. The minimum absolute atomic E-state index is 0.00735. The average Bonchev–Trinajstić information content (AvgIpc) is 3.30. The van der Waals surface area contributed by atoms with Gasteiger partial charge in [-0.1, -0.05) is 18.2 Å². The highest BCUT2D eigenvalue weighted by Gasteiger charge is 2.20. The van der Waals surface area contributed by atoms with Crippen LogP contribution in [-0.4, -0.2) is 20.7 Å². The molecule has 0 aliphatic heterocycles. The molecule has 25 heavy (non-hydrogen) atoms. The summed E-state index contributed by atoms with van der Waals surface area (Å²) in [5.41, 5.74) is 7.54. The van der Waals surface area contributed by atoms with Crippen LogP contribution in [0.5, 0.6) is 0 Å². The number of fused-ring (bicyclic) bond motifs is 1. The number of aromatic nitrogens is 3. The molecule has 0 saturated carbocycles. The maximum absolute atomic E-state index is 13.0. The number of nitriles is 1. The van der Waals surface area contributed by atoms with E-state index in [2.05, 4.69) is 10.1 Å². The first kappa shape index (κ1) is 14.7. The Balaban J connectivity index is 1.95. The van der Waals surface area contributed by atoms with Crippen LogP contribution in [0.15, 0.2) is 59.3 Å². The van der Waals surface area contributed by atoms with Gasteiger partial charge >= 0.3 is 0 Å². The molecule has 0 bridgehead atoms. The lowest BCUT2D eigenvalue weighted by Crippen LogP contribution is -2.17. The quantitative estimate of drug-likeness (QED) is 0.605. The summed E-state index contributed by atoms with van der Waals surface area (Å²) in [6, 6.07) is 14.3. The van der Waals surface area contributed by atoms with Crippen molar-refractivity contribution in [2.45, 2.75) is 0 Å². The van der Waals surface area contributed by atoms with Gasteiger partial charge in [-0.05, 0) is 24.3 Å². The lowest BCUT2D eigenvalue weighted by Gasteiger charge is -2.09. The number of carbonyl (C=O) groups excluding carboxylic acids is 1. The van der Waals surface area contributed by atoms with Crippen LogP contribution in [0.4, 0.5) is 5.82 Å². The number of benzene rings is 1. The van der Waals surface area contributed by atoms with E-state index in [0.29, 0.717) is 27.9 Å². The number of anilines is 1. The number of para-hydroxylation sites is 1. The van der Waals surface area contributed by atoms with Gasteiger partial charge in [-0.25, -0.2) is 4.98 Å². The highest BCUT2D eigenvalue weighted by Crippen LogP contribution is 2.26. The lowest BCUT2D eigenvalue weighted by atomic mass is 10.1. The SMILES string of the molecule is N#Cc1cnn(C(=O)c2cc(-c3ccco3)nc3ccccc23)c1N. The third-order valence-electron chi connectivity index (χ3n) is 3.84. The van der Waals surface area contributed by atoms with Gasteiger partial charge in [0.25, 0.3) is 5.91 Å². The number of carbonyl (C=O) groups is 1. The van der Waals surface area contributed by atoms with Gasteiger partial charge < -0.3 is 10.2 Å². The summed E-state index contributed by atoms with van der Waals surface area (Å²) >= 11 is 0. The fraction of sp³-hybridized carbons (Fsp3) is 0. The lowest BCUT2D eigenvalue weighted by molar-refractivity contribution is 0.0949. The molecule has 4 rings (SSSR count). The number of rotatable bonds is 2. The molecule has 0 radical (unpaired) electrons. The van der Waals surface area contributed by atoms with E-state index in [-0.39, 0.29) is 11.4 Å². The van der Waals surface area contributed by atoms with Crippen LogP contribution < -0.4 is 5.73 Å². The molecule has 0 atom stereocenters. The van der Waals surface area contributed by atoms with Crippen molar-refractivity contribution in [1.29, 1.82) is 5.26 Å². The van der Waals surface area contributed by atoms with Gasteiger partial charge in [-0.2, -0.15) is 15.0 Å². The Labute approximate surface area is 141 Å². The number of nitrogens with two attached hydrogens (primary N) is 1. The van der Waals surface area contributed by atoms with E-state index in [1.54, 1.807) is 30.5 Å². The third kappa shape index (κ3) is 2.33. The molecule has 7 heteroatoms. The molecule has 3 aromatic heterocycles. The van der Waals surface area contributed by atoms with E-state index in [1.807, 2.05) is 24.3 Å². The molecule has 1 aromatic carbocycles. The summed E-state index contributed by atoms with van der Waals surface area (Å²) < 4.78 is 6.41. The molecule has 7 nitrogen and oxygen atoms in total. The van der Waals surface area contributed by atoms with Crippen molar-refractivity contribution in [2.75, 3.05) is 5.73 Å². The largest absolute Gasteiger partial charge is 0.463 e. The number of hydrogen-bond donors (Lipinski definition) is 1. The van der Waals surface area contributed by atoms with Gasteiger partial charge in [0.15, 0.2) is 5.76 Å². The topological polar surface area (TPSA) is 111 Å². The summed E-state index contributed by atoms with van der Waals surface area (Å²) in [7, 11) is 0. The van der Waals surface area contributed by atoms with Gasteiger partial charge in [0.2, 0.25) is 0 Å². The van der Waals surface area contributed by atoms with E-state index in [1.165, 1.54) is 6.20 Å². The van der Waals surface area contributed by atoms with E-state index in [0.717, 1.165) is 4.68 Å². The minimum atomic E-state index is -0.439. The molecule has 0 amide bonds. The molecule has 4 aromatic rings. The Morgan fingerprint density at radius 2 is 2.08 bits per heavy atom. The first-order chi connectivity index (χ1) is 12.2. The molecular formula is C18H11N5O2. The molecule has 0 saturated heterocycles. The first-order valence-electron chi connectivity index (χ1n) is 7.41. The van der Waals surface area contributed by atoms with E-state index in [4.69, 9.17) is 15.4 Å². The highest BCUT2D eigenvalue weighted by atomic mass is 16.3. The van der Waals surface area contributed by atoms with Crippen molar-refractivity contribution in [3.63, 3.8) is 0 Å². The van der Waals surface area contributed by atoms with Gasteiger partial charge in [0.1, 0.15) is 23.1 Å². The molecule has 0 unspecified atom stereocenters. The molecule has 0 aliphatic carbocycles. The molecule has 3 heterocycles. The predicted molar refractivity (Wildman–Crippen MR) is 90.5 cm³/mol. The summed E-state index contributed by atoms with van der Waals surface area (Å²) in [6.45, 7) is 0. The van der Waals surface area contributed by atoms with Crippen molar-refractivity contribution in [2.24, 2.45) is 0 Å². The van der Waals surface area contributed by atoms with Gasteiger partial charge in [-0.3, -0.25) is 4.79 Å². The Bertz CT molecular complexity index is 1140. The Kier molecular flexibility index (Phi) is 3.29. The van der Waals surface area contributed by atoms with Crippen LogP contribution in [0.3, 0.4) is 0 Å². The Hall–Kier alpha value is -3.92. The molecule has 120 valence electrons. The minimum Gasteiger partial charge on any atom is -0.463 e. The summed E-state index contributed by atoms with van der Waals surface area (Å²) in [4.78, 5) is 17.5. The number of hydrogen-bond acceptors (Lipinski definition) is 6. The average molecular weight is 329 g/mol. The maximum Gasteiger partial charge on any atom is 0.280 e. The van der Waals surface area contributed by atoms with E-state index >= 15 is 0 Å². The number of nitrogens with zero attached hydrogens (tertiary/aromatic N) is 4.